The van der Waals surface area contributed by atoms with E-state index < -0.39 is 53.8 Å². The number of alkyl halides is 3. The van der Waals surface area contributed by atoms with Crippen LogP contribution in [0.25, 0.3) is 5.65 Å². The lowest BCUT2D eigenvalue weighted by molar-refractivity contribution is -0.192. The number of carboxylic acids is 1. The number of carbonyl (C=O) groups excluding carboxylic acids is 3. The van der Waals surface area contributed by atoms with Crippen molar-refractivity contribution in [2.75, 3.05) is 6.54 Å². The standard InChI is InChI=1S/C24H27F2N5O5.C2HF3O2/c1-13-9-18(35-12-15-16(25)7-6-8-17(15)26)21-28-14(2)20(31(21)11-13)22(33)30-29-19(32)10-27-23(34)36-24(3,4)5;3-2(4,5)1(6)7/h6-9,11H,10,12H2,1-5H3,(H,27,34)(H,29,32)(H,30,33);(H,6,7). The Bertz CT molecular complexity index is 1500. The fourth-order valence-electron chi connectivity index (χ4n) is 3.25. The molecule has 3 amide bonds. The lowest BCUT2D eigenvalue weighted by atomic mass is 10.2. The molecule has 2 heterocycles. The minimum absolute atomic E-state index is 0.107. The summed E-state index contributed by atoms with van der Waals surface area (Å²) in [6, 6.07) is 5.15. The van der Waals surface area contributed by atoms with Gasteiger partial charge in [0.15, 0.2) is 11.4 Å². The van der Waals surface area contributed by atoms with Gasteiger partial charge in [0.2, 0.25) is 0 Å². The molecule has 0 aliphatic carbocycles. The first-order chi connectivity index (χ1) is 19.8. The summed E-state index contributed by atoms with van der Waals surface area (Å²) in [5.41, 5.74) is 4.88. The molecule has 17 heteroatoms. The van der Waals surface area contributed by atoms with Crippen molar-refractivity contribution in [2.45, 2.75) is 53.0 Å². The fourth-order valence-corrected chi connectivity index (χ4v) is 3.25. The van der Waals surface area contributed by atoms with Gasteiger partial charge in [-0.3, -0.25) is 24.8 Å². The van der Waals surface area contributed by atoms with Crippen LogP contribution in [0.1, 0.15) is 48.1 Å². The molecular weight excluding hydrogens is 589 g/mol. The van der Waals surface area contributed by atoms with Crippen LogP contribution in [0.3, 0.4) is 0 Å². The molecule has 3 rings (SSSR count). The second-order valence-corrected chi connectivity index (χ2v) is 9.77. The summed E-state index contributed by atoms with van der Waals surface area (Å²) in [5, 5.41) is 9.40. The number of rotatable bonds is 6. The number of benzene rings is 1. The number of carbonyl (C=O) groups is 4. The van der Waals surface area contributed by atoms with Crippen molar-refractivity contribution >= 4 is 29.5 Å². The smallest absolute Gasteiger partial charge is 0.485 e. The van der Waals surface area contributed by atoms with Crippen molar-refractivity contribution in [3.8, 4) is 5.75 Å². The van der Waals surface area contributed by atoms with Crippen LogP contribution in [0, 0.1) is 25.5 Å². The van der Waals surface area contributed by atoms with E-state index >= 15 is 0 Å². The lowest BCUT2D eigenvalue weighted by Gasteiger charge is -2.19. The van der Waals surface area contributed by atoms with Gasteiger partial charge in [0.05, 0.1) is 11.3 Å². The second kappa shape index (κ2) is 13.8. The third-order valence-corrected chi connectivity index (χ3v) is 5.00. The maximum absolute atomic E-state index is 14.0. The van der Waals surface area contributed by atoms with Gasteiger partial charge in [0.1, 0.15) is 36.1 Å². The number of pyridine rings is 1. The zero-order valence-electron chi connectivity index (χ0n) is 23.5. The average Bonchev–Trinajstić information content (AvgIpc) is 3.20. The number of alkyl carbamates (subject to hydrolysis) is 1. The maximum atomic E-state index is 14.0. The summed E-state index contributed by atoms with van der Waals surface area (Å²) in [6.45, 7) is 7.57. The average molecular weight is 618 g/mol. The number of aromatic nitrogens is 2. The summed E-state index contributed by atoms with van der Waals surface area (Å²) in [5.74, 6) is -5.39. The van der Waals surface area contributed by atoms with Crippen LogP contribution in [-0.2, 0) is 20.9 Å². The number of aliphatic carboxylic acids is 1. The highest BCUT2D eigenvalue weighted by atomic mass is 19.4. The van der Waals surface area contributed by atoms with E-state index in [0.29, 0.717) is 11.3 Å². The Morgan fingerprint density at radius 1 is 1.02 bits per heavy atom. The normalized spacial score (nSPS) is 11.2. The largest absolute Gasteiger partial charge is 0.490 e. The molecule has 0 atom stereocenters. The highest BCUT2D eigenvalue weighted by Gasteiger charge is 2.38. The Labute approximate surface area is 241 Å². The Morgan fingerprint density at radius 3 is 2.14 bits per heavy atom. The number of nitrogens with one attached hydrogen (secondary N) is 3. The first kappa shape index (κ1) is 34.2. The molecule has 4 N–H and O–H groups in total. The summed E-state index contributed by atoms with van der Waals surface area (Å²) < 4.78 is 71.9. The second-order valence-electron chi connectivity index (χ2n) is 9.77. The number of halogens is 5. The Balaban J connectivity index is 0.000000821. The predicted octanol–water partition coefficient (Wildman–Crippen LogP) is 3.73. The summed E-state index contributed by atoms with van der Waals surface area (Å²) in [4.78, 5) is 49.8. The highest BCUT2D eigenvalue weighted by molar-refractivity contribution is 5.96. The molecule has 12 nitrogen and oxygen atoms in total. The van der Waals surface area contributed by atoms with Crippen LogP contribution in [0.15, 0.2) is 30.5 Å². The minimum atomic E-state index is -5.08. The molecule has 0 radical (unpaired) electrons. The minimum Gasteiger partial charge on any atom is -0.485 e. The van der Waals surface area contributed by atoms with Crippen molar-refractivity contribution in [2.24, 2.45) is 0 Å². The van der Waals surface area contributed by atoms with Gasteiger partial charge in [-0.05, 0) is 58.4 Å². The van der Waals surface area contributed by atoms with E-state index in [1.54, 1.807) is 46.9 Å². The van der Waals surface area contributed by atoms with Crippen LogP contribution in [0.5, 0.6) is 5.75 Å². The third kappa shape index (κ3) is 10.1. The van der Waals surface area contributed by atoms with Crippen molar-refractivity contribution in [3.63, 3.8) is 0 Å². The van der Waals surface area contributed by atoms with Crippen molar-refractivity contribution in [1.29, 1.82) is 0 Å². The molecule has 0 aliphatic rings. The summed E-state index contributed by atoms with van der Waals surface area (Å²) in [6.07, 6.45) is -4.23. The first-order valence-corrected chi connectivity index (χ1v) is 12.2. The van der Waals surface area contributed by atoms with Crippen LogP contribution in [0.2, 0.25) is 0 Å². The lowest BCUT2D eigenvalue weighted by Crippen LogP contribution is -2.47. The van der Waals surface area contributed by atoms with E-state index in [4.69, 9.17) is 19.4 Å². The monoisotopic (exact) mass is 617 g/mol. The van der Waals surface area contributed by atoms with Crippen molar-refractivity contribution in [1.82, 2.24) is 25.6 Å². The fraction of sp³-hybridized carbons (Fsp3) is 0.346. The van der Waals surface area contributed by atoms with Gasteiger partial charge in [-0.1, -0.05) is 6.07 Å². The zero-order chi connectivity index (χ0) is 32.7. The molecule has 0 fully saturated rings. The van der Waals surface area contributed by atoms with E-state index in [9.17, 15) is 36.3 Å². The molecule has 2 aromatic heterocycles. The topological polar surface area (TPSA) is 160 Å². The molecule has 0 saturated heterocycles. The van der Waals surface area contributed by atoms with Crippen LogP contribution in [0.4, 0.5) is 26.7 Å². The van der Waals surface area contributed by atoms with Gasteiger partial charge in [0.25, 0.3) is 11.8 Å². The van der Waals surface area contributed by atoms with Gasteiger partial charge in [-0.25, -0.2) is 23.4 Å². The molecule has 1 aromatic carbocycles. The van der Waals surface area contributed by atoms with Gasteiger partial charge < -0.3 is 19.9 Å². The first-order valence-electron chi connectivity index (χ1n) is 12.2. The predicted molar refractivity (Wildman–Crippen MR) is 139 cm³/mol. The zero-order valence-corrected chi connectivity index (χ0v) is 23.5. The number of amides is 3. The number of fused-ring (bicyclic) bond motifs is 1. The number of aryl methyl sites for hydroxylation is 2. The SMILES string of the molecule is Cc1cc(OCc2c(F)cccc2F)c2nc(C)c(C(=O)NNC(=O)CNC(=O)OC(C)(C)C)n2c1.O=C(O)C(F)(F)F. The van der Waals surface area contributed by atoms with Gasteiger partial charge in [-0.2, -0.15) is 13.2 Å². The van der Waals surface area contributed by atoms with Crippen LogP contribution in [-0.4, -0.2) is 56.7 Å². The molecule has 0 aliphatic heterocycles. The number of hydrogen-bond donors (Lipinski definition) is 4. The molecule has 0 bridgehead atoms. The summed E-state index contributed by atoms with van der Waals surface area (Å²) >= 11 is 0. The Morgan fingerprint density at radius 2 is 1.60 bits per heavy atom. The van der Waals surface area contributed by atoms with E-state index in [1.807, 2.05) is 0 Å². The number of carboxylic acid groups (broad SMARTS) is 1. The Kier molecular flexibility index (Phi) is 11.0. The van der Waals surface area contributed by atoms with Gasteiger partial charge >= 0.3 is 18.2 Å². The number of imidazole rings is 1. The van der Waals surface area contributed by atoms with Crippen molar-refractivity contribution < 1.29 is 55.7 Å². The molecule has 234 valence electrons. The highest BCUT2D eigenvalue weighted by Crippen LogP contribution is 2.26. The number of ether oxygens (including phenoxy) is 2. The Hall–Kier alpha value is -4.96. The third-order valence-electron chi connectivity index (χ3n) is 5.00. The maximum Gasteiger partial charge on any atom is 0.490 e. The molecule has 43 heavy (non-hydrogen) atoms. The van der Waals surface area contributed by atoms with E-state index in [-0.39, 0.29) is 29.3 Å². The molecule has 0 saturated carbocycles. The van der Waals surface area contributed by atoms with Crippen molar-refractivity contribution in [3.05, 3.63) is 64.6 Å². The van der Waals surface area contributed by atoms with E-state index in [0.717, 1.165) is 12.1 Å². The molecular formula is C26H28F5N5O7. The molecule has 0 spiro atoms. The van der Waals surface area contributed by atoms with Crippen LogP contribution >= 0.6 is 0 Å². The van der Waals surface area contributed by atoms with E-state index in [1.165, 1.54) is 10.5 Å². The molecule has 0 unspecified atom stereocenters. The number of hydrazine groups is 1. The van der Waals surface area contributed by atoms with Gasteiger partial charge in [-0.15, -0.1) is 0 Å². The van der Waals surface area contributed by atoms with E-state index in [2.05, 4.69) is 21.2 Å². The quantitative estimate of drug-likeness (QED) is 0.241. The summed E-state index contributed by atoms with van der Waals surface area (Å²) in [7, 11) is 0. The number of nitrogens with zero attached hydrogens (tertiary/aromatic N) is 2. The number of hydrogen-bond acceptors (Lipinski definition) is 7. The van der Waals surface area contributed by atoms with Crippen LogP contribution < -0.4 is 20.9 Å². The molecule has 3 aromatic rings. The van der Waals surface area contributed by atoms with Gasteiger partial charge in [0, 0.05) is 6.20 Å².